The second-order valence-corrected chi connectivity index (χ2v) is 6.41. The number of ketones is 1. The van der Waals surface area contributed by atoms with E-state index >= 15 is 0 Å². The van der Waals surface area contributed by atoms with Gasteiger partial charge < -0.3 is 4.74 Å². The molecule has 2 rings (SSSR count). The van der Waals surface area contributed by atoms with Gasteiger partial charge in [-0.25, -0.2) is 4.79 Å². The Labute approximate surface area is 157 Å². The molecule has 0 aliphatic rings. The summed E-state index contributed by atoms with van der Waals surface area (Å²) < 4.78 is 42.7. The molecule has 2 unspecified atom stereocenters. The standard InChI is InChI=1S/C18H13Cl2F3O3/c1-26-16(25)17(20,15(24)12-5-3-2-4-6-12)14(19)11-7-9-13(10-8-11)18(21,22)23/h2-10,14H,1H3. The molecule has 0 saturated carbocycles. The van der Waals surface area contributed by atoms with E-state index in [0.29, 0.717) is 0 Å². The van der Waals surface area contributed by atoms with Gasteiger partial charge >= 0.3 is 12.1 Å². The van der Waals surface area contributed by atoms with Crippen molar-refractivity contribution < 1.29 is 27.5 Å². The van der Waals surface area contributed by atoms with Crippen LogP contribution in [0.25, 0.3) is 0 Å². The number of hydrogen-bond donors (Lipinski definition) is 0. The lowest BCUT2D eigenvalue weighted by Gasteiger charge is -2.28. The lowest BCUT2D eigenvalue weighted by atomic mass is 9.89. The molecule has 0 aliphatic heterocycles. The lowest BCUT2D eigenvalue weighted by Crippen LogP contribution is -2.45. The summed E-state index contributed by atoms with van der Waals surface area (Å²) in [5.41, 5.74) is -0.701. The lowest BCUT2D eigenvalue weighted by molar-refractivity contribution is -0.142. The van der Waals surface area contributed by atoms with Gasteiger partial charge in [0.2, 0.25) is 4.87 Å². The maximum absolute atomic E-state index is 12.8. The highest BCUT2D eigenvalue weighted by atomic mass is 35.5. The molecule has 0 saturated heterocycles. The smallest absolute Gasteiger partial charge is 0.416 e. The number of halogens is 5. The summed E-state index contributed by atoms with van der Waals surface area (Å²) in [6.07, 6.45) is -4.53. The van der Waals surface area contributed by atoms with E-state index in [4.69, 9.17) is 23.2 Å². The molecule has 0 fully saturated rings. The van der Waals surface area contributed by atoms with Gasteiger partial charge in [0.1, 0.15) is 0 Å². The molecule has 138 valence electrons. The summed E-state index contributed by atoms with van der Waals surface area (Å²) in [5, 5.41) is -1.45. The fourth-order valence-electron chi connectivity index (χ4n) is 2.33. The van der Waals surface area contributed by atoms with Gasteiger partial charge in [-0.1, -0.05) is 54.1 Å². The molecule has 0 radical (unpaired) electrons. The average Bonchev–Trinajstić information content (AvgIpc) is 2.65. The molecule has 0 bridgehead atoms. The van der Waals surface area contributed by atoms with Crippen molar-refractivity contribution in [3.8, 4) is 0 Å². The predicted octanol–water partition coefficient (Wildman–Crippen LogP) is 5.02. The van der Waals surface area contributed by atoms with Crippen LogP contribution in [0, 0.1) is 0 Å². The third-order valence-corrected chi connectivity index (χ3v) is 4.96. The van der Waals surface area contributed by atoms with E-state index in [1.807, 2.05) is 0 Å². The second kappa shape index (κ2) is 7.68. The first-order chi connectivity index (χ1) is 12.1. The third kappa shape index (κ3) is 3.86. The second-order valence-electron chi connectivity index (χ2n) is 5.38. The fraction of sp³-hybridized carbons (Fsp3) is 0.222. The Kier molecular flexibility index (Phi) is 5.98. The Balaban J connectivity index is 2.46. The maximum atomic E-state index is 12.8. The van der Waals surface area contributed by atoms with Crippen molar-refractivity contribution in [2.45, 2.75) is 16.4 Å². The van der Waals surface area contributed by atoms with Crippen molar-refractivity contribution in [1.29, 1.82) is 0 Å². The van der Waals surface area contributed by atoms with Crippen LogP contribution >= 0.6 is 23.2 Å². The van der Waals surface area contributed by atoms with Crippen LogP contribution in [0.15, 0.2) is 54.6 Å². The highest BCUT2D eigenvalue weighted by molar-refractivity contribution is 6.52. The highest BCUT2D eigenvalue weighted by Crippen LogP contribution is 2.42. The van der Waals surface area contributed by atoms with Gasteiger partial charge in [0.15, 0.2) is 5.78 Å². The molecule has 0 amide bonds. The third-order valence-electron chi connectivity index (χ3n) is 3.73. The largest absolute Gasteiger partial charge is 0.467 e. The highest BCUT2D eigenvalue weighted by Gasteiger charge is 2.52. The normalized spacial score (nSPS) is 15.0. The molecule has 0 heterocycles. The number of hydrogen-bond acceptors (Lipinski definition) is 3. The molecule has 0 spiro atoms. The molecule has 2 aromatic carbocycles. The number of methoxy groups -OCH3 is 1. The molecule has 0 aromatic heterocycles. The minimum absolute atomic E-state index is 0.0735. The van der Waals surface area contributed by atoms with Gasteiger partial charge in [0, 0.05) is 5.56 Å². The van der Waals surface area contributed by atoms with Gasteiger partial charge in [-0.3, -0.25) is 4.79 Å². The Hall–Kier alpha value is -2.05. The van der Waals surface area contributed by atoms with Crippen molar-refractivity contribution in [2.75, 3.05) is 7.11 Å². The summed E-state index contributed by atoms with van der Waals surface area (Å²) in [4.78, 5) is 22.7. The van der Waals surface area contributed by atoms with Crippen molar-refractivity contribution in [2.24, 2.45) is 0 Å². The first kappa shape index (κ1) is 20.3. The zero-order valence-corrected chi connectivity index (χ0v) is 14.9. The van der Waals surface area contributed by atoms with E-state index in [2.05, 4.69) is 4.74 Å². The first-order valence-corrected chi connectivity index (χ1v) is 8.12. The number of carbonyl (C=O) groups excluding carboxylic acids is 2. The molecule has 26 heavy (non-hydrogen) atoms. The molecule has 0 N–H and O–H groups in total. The summed E-state index contributed by atoms with van der Waals surface area (Å²) in [6.45, 7) is 0. The summed E-state index contributed by atoms with van der Waals surface area (Å²) >= 11 is 12.6. The van der Waals surface area contributed by atoms with Crippen LogP contribution in [0.5, 0.6) is 0 Å². The van der Waals surface area contributed by atoms with Crippen molar-refractivity contribution in [1.82, 2.24) is 0 Å². The number of esters is 1. The number of alkyl halides is 5. The fourth-order valence-corrected chi connectivity index (χ4v) is 2.98. The van der Waals surface area contributed by atoms with E-state index < -0.39 is 33.7 Å². The first-order valence-electron chi connectivity index (χ1n) is 7.30. The van der Waals surface area contributed by atoms with E-state index in [-0.39, 0.29) is 11.1 Å². The number of benzene rings is 2. The van der Waals surface area contributed by atoms with E-state index in [0.717, 1.165) is 31.4 Å². The predicted molar refractivity (Wildman–Crippen MR) is 91.4 cm³/mol. The molecule has 2 aromatic rings. The Morgan fingerprint density at radius 3 is 2.00 bits per heavy atom. The van der Waals surface area contributed by atoms with Crippen LogP contribution < -0.4 is 0 Å². The molecule has 0 aliphatic carbocycles. The molecule has 3 nitrogen and oxygen atoms in total. The molecule has 2 atom stereocenters. The van der Waals surface area contributed by atoms with Gasteiger partial charge in [-0.2, -0.15) is 13.2 Å². The molecular weight excluding hydrogens is 392 g/mol. The van der Waals surface area contributed by atoms with E-state index in [1.54, 1.807) is 18.2 Å². The van der Waals surface area contributed by atoms with Gasteiger partial charge in [0.05, 0.1) is 18.1 Å². The number of carbonyl (C=O) groups is 2. The van der Waals surface area contributed by atoms with Crippen LogP contribution in [0.3, 0.4) is 0 Å². The minimum Gasteiger partial charge on any atom is -0.467 e. The summed E-state index contributed by atoms with van der Waals surface area (Å²) in [5.74, 6) is -1.92. The Morgan fingerprint density at radius 1 is 1.00 bits per heavy atom. The zero-order chi connectivity index (χ0) is 19.5. The van der Waals surface area contributed by atoms with Gasteiger partial charge in [0.25, 0.3) is 0 Å². The van der Waals surface area contributed by atoms with Crippen molar-refractivity contribution in [3.63, 3.8) is 0 Å². The van der Waals surface area contributed by atoms with E-state index in [9.17, 15) is 22.8 Å². The molecular formula is C18H13Cl2F3O3. The summed E-state index contributed by atoms with van der Waals surface area (Å²) in [6, 6.07) is 11.4. The van der Waals surface area contributed by atoms with Gasteiger partial charge in [-0.05, 0) is 17.7 Å². The Morgan fingerprint density at radius 2 is 1.54 bits per heavy atom. The van der Waals surface area contributed by atoms with Crippen LogP contribution in [-0.2, 0) is 15.7 Å². The Bertz CT molecular complexity index is 792. The van der Waals surface area contributed by atoms with Crippen LogP contribution in [0.2, 0.25) is 0 Å². The quantitative estimate of drug-likeness (QED) is 0.304. The monoisotopic (exact) mass is 404 g/mol. The topological polar surface area (TPSA) is 43.4 Å². The van der Waals surface area contributed by atoms with Crippen LogP contribution in [0.1, 0.15) is 26.9 Å². The van der Waals surface area contributed by atoms with Crippen LogP contribution in [-0.4, -0.2) is 23.7 Å². The SMILES string of the molecule is COC(=O)C(Cl)(C(=O)c1ccccc1)C(Cl)c1ccc(C(F)(F)F)cc1. The number of Topliss-reactive ketones (excluding diaryl/α,β-unsaturated/α-hetero) is 1. The minimum atomic E-state index is -4.53. The van der Waals surface area contributed by atoms with Crippen LogP contribution in [0.4, 0.5) is 13.2 Å². The van der Waals surface area contributed by atoms with Crippen molar-refractivity contribution in [3.05, 3.63) is 71.3 Å². The van der Waals surface area contributed by atoms with Gasteiger partial charge in [-0.15, -0.1) is 11.6 Å². The van der Waals surface area contributed by atoms with Crippen molar-refractivity contribution >= 4 is 35.0 Å². The number of rotatable bonds is 5. The van der Waals surface area contributed by atoms with E-state index in [1.165, 1.54) is 12.1 Å². The zero-order valence-electron chi connectivity index (χ0n) is 13.4. The maximum Gasteiger partial charge on any atom is 0.416 e. The molecule has 8 heteroatoms. The summed E-state index contributed by atoms with van der Waals surface area (Å²) in [7, 11) is 1.04. The average molecular weight is 405 g/mol. The number of ether oxygens (including phenoxy) is 1.